The summed E-state index contributed by atoms with van der Waals surface area (Å²) in [7, 11) is 4.02. The molecule has 5 nitrogen and oxygen atoms in total. The molecule has 0 atom stereocenters. The molecule has 0 radical (unpaired) electrons. The van der Waals surface area contributed by atoms with Crippen LogP contribution in [0.25, 0.3) is 22.3 Å². The first-order valence-electron chi connectivity index (χ1n) is 9.74. The normalized spacial score (nSPS) is 11.8. The zero-order chi connectivity index (χ0) is 21.2. The summed E-state index contributed by atoms with van der Waals surface area (Å²) in [4.78, 5) is 28.0. The van der Waals surface area contributed by atoms with Crippen LogP contribution in [0.4, 0.5) is 0 Å². The molecule has 0 aliphatic heterocycles. The summed E-state index contributed by atoms with van der Waals surface area (Å²) in [5.41, 5.74) is 1.84. The Morgan fingerprint density at radius 1 is 1.07 bits per heavy atom. The second-order valence-electron chi connectivity index (χ2n) is 8.52. The van der Waals surface area contributed by atoms with Crippen molar-refractivity contribution in [3.8, 4) is 11.3 Å². The Morgan fingerprint density at radius 3 is 2.41 bits per heavy atom. The molecule has 0 bridgehead atoms. The van der Waals surface area contributed by atoms with Crippen LogP contribution in [0.2, 0.25) is 0 Å². The van der Waals surface area contributed by atoms with Crippen molar-refractivity contribution in [2.45, 2.75) is 20.8 Å². The lowest BCUT2D eigenvalue weighted by atomic mass is 9.93. The van der Waals surface area contributed by atoms with Crippen molar-refractivity contribution in [1.82, 2.24) is 10.2 Å². The van der Waals surface area contributed by atoms with Crippen LogP contribution in [0, 0.1) is 12.3 Å². The van der Waals surface area contributed by atoms with Gasteiger partial charge in [0.15, 0.2) is 11.0 Å². The van der Waals surface area contributed by atoms with E-state index in [0.29, 0.717) is 34.4 Å². The largest absolute Gasteiger partial charge is 0.455 e. The molecule has 0 saturated heterocycles. The van der Waals surface area contributed by atoms with E-state index in [1.807, 2.05) is 44.4 Å². The van der Waals surface area contributed by atoms with Gasteiger partial charge in [-0.05, 0) is 38.6 Å². The third kappa shape index (κ3) is 4.57. The van der Waals surface area contributed by atoms with E-state index in [1.165, 1.54) is 0 Å². The highest BCUT2D eigenvalue weighted by Gasteiger charge is 2.22. The first-order chi connectivity index (χ1) is 13.7. The number of carbonyl (C=O) groups is 1. The number of fused-ring (bicyclic) bond motifs is 1. The Kier molecular flexibility index (Phi) is 5.89. The maximum atomic E-state index is 12.9. The molecule has 29 heavy (non-hydrogen) atoms. The fourth-order valence-corrected chi connectivity index (χ4v) is 3.68. The van der Waals surface area contributed by atoms with Gasteiger partial charge < -0.3 is 14.6 Å². The molecule has 1 N–H and O–H groups in total. The molecule has 0 fully saturated rings. The van der Waals surface area contributed by atoms with Gasteiger partial charge in [-0.1, -0.05) is 50.2 Å². The van der Waals surface area contributed by atoms with Gasteiger partial charge in [-0.25, -0.2) is 0 Å². The summed E-state index contributed by atoms with van der Waals surface area (Å²) in [6.45, 7) is 7.32. The van der Waals surface area contributed by atoms with E-state index in [4.69, 9.17) is 4.42 Å². The van der Waals surface area contributed by atoms with E-state index in [2.05, 4.69) is 24.1 Å². The van der Waals surface area contributed by atoms with Crippen molar-refractivity contribution >= 4 is 16.9 Å². The summed E-state index contributed by atoms with van der Waals surface area (Å²) in [5.74, 6) is 0.254. The van der Waals surface area contributed by atoms with Gasteiger partial charge in [0.05, 0.1) is 10.9 Å². The van der Waals surface area contributed by atoms with Crippen molar-refractivity contribution in [3.05, 3.63) is 69.9 Å². The highest BCUT2D eigenvalue weighted by atomic mass is 16.3. The van der Waals surface area contributed by atoms with Crippen LogP contribution in [0.1, 0.15) is 29.8 Å². The first-order valence-corrected chi connectivity index (χ1v) is 9.74. The van der Waals surface area contributed by atoms with Crippen LogP contribution in [-0.4, -0.2) is 38.0 Å². The Labute approximate surface area is 171 Å². The minimum Gasteiger partial charge on any atom is -0.455 e. The molecule has 1 heterocycles. The third-order valence-electron chi connectivity index (χ3n) is 4.90. The minimum absolute atomic E-state index is 0.0869. The van der Waals surface area contributed by atoms with Crippen molar-refractivity contribution in [2.75, 3.05) is 27.2 Å². The Balaban J connectivity index is 2.02. The number of nitrogens with one attached hydrogen (secondary N) is 1. The number of benzene rings is 2. The molecule has 152 valence electrons. The number of para-hydroxylation sites is 1. The average molecular weight is 392 g/mol. The summed E-state index contributed by atoms with van der Waals surface area (Å²) < 4.78 is 6.14. The molecular weight excluding hydrogens is 364 g/mol. The summed E-state index contributed by atoms with van der Waals surface area (Å²) in [6, 6.07) is 14.6. The fourth-order valence-electron chi connectivity index (χ4n) is 3.68. The fraction of sp³-hybridized carbons (Fsp3) is 0.333. The molecule has 0 saturated carbocycles. The van der Waals surface area contributed by atoms with E-state index in [9.17, 15) is 9.59 Å². The van der Waals surface area contributed by atoms with Gasteiger partial charge in [0.1, 0.15) is 5.76 Å². The van der Waals surface area contributed by atoms with E-state index < -0.39 is 0 Å². The van der Waals surface area contributed by atoms with Crippen LogP contribution in [0.5, 0.6) is 0 Å². The molecule has 1 amide bonds. The number of hydrogen-bond acceptors (Lipinski definition) is 4. The zero-order valence-electron chi connectivity index (χ0n) is 17.7. The lowest BCUT2D eigenvalue weighted by molar-refractivity contribution is 0.0930. The molecule has 0 aliphatic rings. The molecule has 3 aromatic rings. The standard InChI is InChI=1S/C24H28N2O3/c1-16-20(27)18-12-9-13-19(23(28)25-14-24(2,3)15-26(4)5)22(18)29-21(16)17-10-7-6-8-11-17/h6-13H,14-15H2,1-5H3,(H,25,28). The number of nitrogens with zero attached hydrogens (tertiary/aromatic N) is 1. The van der Waals surface area contributed by atoms with Crippen LogP contribution in [-0.2, 0) is 0 Å². The highest BCUT2D eigenvalue weighted by molar-refractivity contribution is 6.05. The Hall–Kier alpha value is -2.92. The van der Waals surface area contributed by atoms with Gasteiger partial charge in [-0.2, -0.15) is 0 Å². The number of hydrogen-bond donors (Lipinski definition) is 1. The second-order valence-corrected chi connectivity index (χ2v) is 8.52. The van der Waals surface area contributed by atoms with Crippen molar-refractivity contribution < 1.29 is 9.21 Å². The monoisotopic (exact) mass is 392 g/mol. The lowest BCUT2D eigenvalue weighted by Crippen LogP contribution is -2.40. The molecule has 3 rings (SSSR count). The molecule has 0 aliphatic carbocycles. The number of rotatable bonds is 6. The summed E-state index contributed by atoms with van der Waals surface area (Å²) in [5, 5.41) is 3.42. The van der Waals surface area contributed by atoms with Gasteiger partial charge in [0, 0.05) is 24.2 Å². The van der Waals surface area contributed by atoms with Gasteiger partial charge in [-0.3, -0.25) is 9.59 Å². The van der Waals surface area contributed by atoms with Gasteiger partial charge in [-0.15, -0.1) is 0 Å². The van der Waals surface area contributed by atoms with Crippen LogP contribution in [0.15, 0.2) is 57.7 Å². The van der Waals surface area contributed by atoms with E-state index in [1.54, 1.807) is 25.1 Å². The Morgan fingerprint density at radius 2 is 1.76 bits per heavy atom. The molecule has 1 aromatic heterocycles. The third-order valence-corrected chi connectivity index (χ3v) is 4.90. The predicted molar refractivity (Wildman–Crippen MR) is 117 cm³/mol. The van der Waals surface area contributed by atoms with Gasteiger partial charge in [0.25, 0.3) is 5.91 Å². The molecule has 0 spiro atoms. The molecule has 2 aromatic carbocycles. The van der Waals surface area contributed by atoms with Crippen molar-refractivity contribution in [1.29, 1.82) is 0 Å². The predicted octanol–water partition coefficient (Wildman–Crippen LogP) is 4.09. The van der Waals surface area contributed by atoms with E-state index >= 15 is 0 Å². The van der Waals surface area contributed by atoms with Crippen molar-refractivity contribution in [3.63, 3.8) is 0 Å². The lowest BCUT2D eigenvalue weighted by Gasteiger charge is -2.28. The van der Waals surface area contributed by atoms with E-state index in [0.717, 1.165) is 12.1 Å². The van der Waals surface area contributed by atoms with Crippen LogP contribution >= 0.6 is 0 Å². The summed E-state index contributed by atoms with van der Waals surface area (Å²) >= 11 is 0. The minimum atomic E-state index is -0.242. The SMILES string of the molecule is Cc1c(-c2ccccc2)oc2c(C(=O)NCC(C)(C)CN(C)C)cccc2c1=O. The quantitative estimate of drug-likeness (QED) is 0.686. The Bertz CT molecular complexity index is 1080. The molecular formula is C24H28N2O3. The first kappa shape index (κ1) is 20.8. The average Bonchev–Trinajstić information content (AvgIpc) is 2.68. The molecule has 5 heteroatoms. The number of carbonyl (C=O) groups excluding carboxylic acids is 1. The number of amides is 1. The zero-order valence-corrected chi connectivity index (χ0v) is 17.7. The van der Waals surface area contributed by atoms with E-state index in [-0.39, 0.29) is 16.8 Å². The summed E-state index contributed by atoms with van der Waals surface area (Å²) in [6.07, 6.45) is 0. The highest BCUT2D eigenvalue weighted by Crippen LogP contribution is 2.27. The van der Waals surface area contributed by atoms with Crippen molar-refractivity contribution in [2.24, 2.45) is 5.41 Å². The second kappa shape index (κ2) is 8.21. The molecule has 0 unspecified atom stereocenters. The van der Waals surface area contributed by atoms with Gasteiger partial charge >= 0.3 is 0 Å². The maximum absolute atomic E-state index is 12.9. The van der Waals surface area contributed by atoms with Crippen LogP contribution < -0.4 is 10.7 Å². The smallest absolute Gasteiger partial charge is 0.255 e. The topological polar surface area (TPSA) is 62.6 Å². The maximum Gasteiger partial charge on any atom is 0.255 e. The van der Waals surface area contributed by atoms with Gasteiger partial charge in [0.2, 0.25) is 0 Å². The van der Waals surface area contributed by atoms with Crippen LogP contribution in [0.3, 0.4) is 0 Å².